The largest absolute Gasteiger partial charge is 0.508 e. The normalized spacial score (nSPS) is 11.1. The quantitative estimate of drug-likeness (QED) is 0.507. The first kappa shape index (κ1) is 18.8. The van der Waals surface area contributed by atoms with Gasteiger partial charge in [0, 0.05) is 6.21 Å². The van der Waals surface area contributed by atoms with Crippen LogP contribution in [-0.4, -0.2) is 35.7 Å². The summed E-state index contributed by atoms with van der Waals surface area (Å²) >= 11 is 1.35. The van der Waals surface area contributed by atoms with Gasteiger partial charge in [0.25, 0.3) is 0 Å². The number of carbonyl (C=O) groups is 1. The van der Waals surface area contributed by atoms with E-state index in [1.807, 2.05) is 44.2 Å². The fraction of sp³-hybridized carbons (Fsp3) is 0.190. The molecule has 0 amide bonds. The molecule has 0 unspecified atom stereocenters. The van der Waals surface area contributed by atoms with Gasteiger partial charge < -0.3 is 9.84 Å². The Morgan fingerprint density at radius 2 is 2.04 bits per heavy atom. The zero-order valence-electron chi connectivity index (χ0n) is 15.4. The zero-order valence-corrected chi connectivity index (χ0v) is 16.2. The lowest BCUT2D eigenvalue weighted by atomic mass is 10.1. The van der Waals surface area contributed by atoms with E-state index in [2.05, 4.69) is 9.98 Å². The molecule has 0 saturated heterocycles. The average Bonchev–Trinajstić information content (AvgIpc) is 3.06. The van der Waals surface area contributed by atoms with E-state index in [1.165, 1.54) is 11.3 Å². The molecule has 5 nitrogen and oxygen atoms in total. The summed E-state index contributed by atoms with van der Waals surface area (Å²) in [7, 11) is 1.62. The van der Waals surface area contributed by atoms with Gasteiger partial charge in [-0.2, -0.15) is 0 Å². The molecule has 0 bridgehead atoms. The number of Topliss-reactive ketones (excluding diaryl/α,β-unsaturated/α-hetero) is 1. The molecule has 6 heteroatoms. The number of para-hydroxylation sites is 1. The molecule has 0 spiro atoms. The lowest BCUT2D eigenvalue weighted by Gasteiger charge is -2.04. The van der Waals surface area contributed by atoms with E-state index in [-0.39, 0.29) is 18.1 Å². The lowest BCUT2D eigenvalue weighted by molar-refractivity contribution is 0.100. The van der Waals surface area contributed by atoms with Gasteiger partial charge in [0.2, 0.25) is 0 Å². The number of thiazole rings is 1. The van der Waals surface area contributed by atoms with Gasteiger partial charge in [-0.05, 0) is 55.3 Å². The van der Waals surface area contributed by atoms with Crippen molar-refractivity contribution in [3.05, 3.63) is 64.2 Å². The van der Waals surface area contributed by atoms with E-state index in [1.54, 1.807) is 25.5 Å². The minimum Gasteiger partial charge on any atom is -0.508 e. The number of phenols is 1. The Morgan fingerprint density at radius 3 is 2.78 bits per heavy atom. The number of aromatic hydroxyl groups is 1. The predicted molar refractivity (Wildman–Crippen MR) is 108 cm³/mol. The number of rotatable bonds is 6. The summed E-state index contributed by atoms with van der Waals surface area (Å²) in [6, 6.07) is 12.8. The Labute approximate surface area is 162 Å². The van der Waals surface area contributed by atoms with Crippen molar-refractivity contribution < 1.29 is 14.6 Å². The average molecular weight is 380 g/mol. The molecule has 0 radical (unpaired) electrons. The van der Waals surface area contributed by atoms with Crippen LogP contribution in [0.3, 0.4) is 0 Å². The Hall–Kier alpha value is -2.99. The molecule has 1 aromatic heterocycles. The summed E-state index contributed by atoms with van der Waals surface area (Å²) in [6.07, 6.45) is 1.64. The number of ketones is 1. The second-order valence-electron chi connectivity index (χ2n) is 6.07. The van der Waals surface area contributed by atoms with Crippen molar-refractivity contribution in [1.82, 2.24) is 4.98 Å². The van der Waals surface area contributed by atoms with Crippen molar-refractivity contribution in [3.8, 4) is 22.1 Å². The molecular formula is C21H20N2O3S. The molecule has 0 atom stereocenters. The van der Waals surface area contributed by atoms with Crippen LogP contribution in [0.4, 0.5) is 0 Å². The number of carbonyl (C=O) groups excluding carboxylic acids is 1. The smallest absolute Gasteiger partial charge is 0.196 e. The second kappa shape index (κ2) is 8.14. The van der Waals surface area contributed by atoms with E-state index < -0.39 is 0 Å². The minimum absolute atomic E-state index is 0.0499. The predicted octanol–water partition coefficient (Wildman–Crippen LogP) is 4.44. The Bertz CT molecular complexity index is 1010. The minimum atomic E-state index is -0.0714. The SMILES string of the molecule is COc1ccccc1-c1nc(C)c(C(=O)CN=Cc2ccc(O)c(C)c2)s1. The van der Waals surface area contributed by atoms with Crippen molar-refractivity contribution in [1.29, 1.82) is 0 Å². The molecule has 27 heavy (non-hydrogen) atoms. The van der Waals surface area contributed by atoms with Gasteiger partial charge in [0.05, 0.1) is 23.2 Å². The number of phenolic OH excluding ortho intramolecular Hbond substituents is 1. The van der Waals surface area contributed by atoms with Crippen LogP contribution in [0.2, 0.25) is 0 Å². The first-order valence-corrected chi connectivity index (χ1v) is 9.24. The Morgan fingerprint density at radius 1 is 1.26 bits per heavy atom. The number of hydrogen-bond donors (Lipinski definition) is 1. The fourth-order valence-electron chi connectivity index (χ4n) is 2.66. The van der Waals surface area contributed by atoms with Crippen LogP contribution >= 0.6 is 11.3 Å². The number of ether oxygens (including phenoxy) is 1. The summed E-state index contributed by atoms with van der Waals surface area (Å²) in [5.74, 6) is 0.899. The van der Waals surface area contributed by atoms with E-state index >= 15 is 0 Å². The summed E-state index contributed by atoms with van der Waals surface area (Å²) < 4.78 is 5.38. The summed E-state index contributed by atoms with van der Waals surface area (Å²) in [6.45, 7) is 3.70. The van der Waals surface area contributed by atoms with Crippen molar-refractivity contribution in [2.45, 2.75) is 13.8 Å². The number of aryl methyl sites for hydroxylation is 2. The molecule has 0 aliphatic heterocycles. The van der Waals surface area contributed by atoms with Crippen LogP contribution in [0, 0.1) is 13.8 Å². The second-order valence-corrected chi connectivity index (χ2v) is 7.07. The molecular weight excluding hydrogens is 360 g/mol. The molecule has 138 valence electrons. The standard InChI is InChI=1S/C21H20N2O3S/c1-13-10-15(8-9-17(13)24)11-22-12-18(25)20-14(2)23-21(27-20)16-6-4-5-7-19(16)26-3/h4-11,24H,12H2,1-3H3. The number of hydrogen-bond acceptors (Lipinski definition) is 6. The first-order valence-electron chi connectivity index (χ1n) is 8.43. The molecule has 2 aromatic carbocycles. The number of aromatic nitrogens is 1. The van der Waals surface area contributed by atoms with Crippen LogP contribution in [0.25, 0.3) is 10.6 Å². The van der Waals surface area contributed by atoms with E-state index in [0.29, 0.717) is 10.6 Å². The van der Waals surface area contributed by atoms with E-state index in [4.69, 9.17) is 4.74 Å². The maximum absolute atomic E-state index is 12.6. The molecule has 0 aliphatic rings. The van der Waals surface area contributed by atoms with Crippen molar-refractivity contribution in [3.63, 3.8) is 0 Å². The van der Waals surface area contributed by atoms with Gasteiger partial charge in [0.1, 0.15) is 23.1 Å². The summed E-state index contributed by atoms with van der Waals surface area (Å²) in [5.41, 5.74) is 3.18. The molecule has 0 fully saturated rings. The van der Waals surface area contributed by atoms with Crippen molar-refractivity contribution >= 4 is 23.3 Å². The van der Waals surface area contributed by atoms with Gasteiger partial charge in [-0.3, -0.25) is 9.79 Å². The Kier molecular flexibility index (Phi) is 5.66. The highest BCUT2D eigenvalue weighted by Gasteiger charge is 2.17. The third-order valence-corrected chi connectivity index (χ3v) is 5.32. The van der Waals surface area contributed by atoms with Crippen molar-refractivity contribution in [2.75, 3.05) is 13.7 Å². The number of nitrogens with zero attached hydrogens (tertiary/aromatic N) is 2. The van der Waals surface area contributed by atoms with Gasteiger partial charge in [-0.15, -0.1) is 11.3 Å². The molecule has 3 aromatic rings. The van der Waals surface area contributed by atoms with Gasteiger partial charge >= 0.3 is 0 Å². The highest BCUT2D eigenvalue weighted by atomic mass is 32.1. The van der Waals surface area contributed by atoms with E-state index in [0.717, 1.165) is 27.4 Å². The van der Waals surface area contributed by atoms with Crippen LogP contribution in [0.5, 0.6) is 11.5 Å². The molecule has 1 heterocycles. The number of methoxy groups -OCH3 is 1. The summed E-state index contributed by atoms with van der Waals surface area (Å²) in [4.78, 5) is 21.9. The van der Waals surface area contributed by atoms with Gasteiger partial charge in [0.15, 0.2) is 5.78 Å². The monoisotopic (exact) mass is 380 g/mol. The number of benzene rings is 2. The summed E-state index contributed by atoms with van der Waals surface area (Å²) in [5, 5.41) is 10.3. The maximum Gasteiger partial charge on any atom is 0.196 e. The first-order chi connectivity index (χ1) is 13.0. The highest BCUT2D eigenvalue weighted by Crippen LogP contribution is 2.34. The zero-order chi connectivity index (χ0) is 19.4. The van der Waals surface area contributed by atoms with Crippen LogP contribution in [0.15, 0.2) is 47.5 Å². The molecule has 1 N–H and O–H groups in total. The molecule has 0 saturated carbocycles. The molecule has 3 rings (SSSR count). The fourth-order valence-corrected chi connectivity index (χ4v) is 3.68. The molecule has 0 aliphatic carbocycles. The van der Waals surface area contributed by atoms with E-state index in [9.17, 15) is 9.90 Å². The lowest BCUT2D eigenvalue weighted by Crippen LogP contribution is -2.03. The van der Waals surface area contributed by atoms with Gasteiger partial charge in [-0.25, -0.2) is 4.98 Å². The van der Waals surface area contributed by atoms with Crippen LogP contribution in [-0.2, 0) is 0 Å². The third-order valence-electron chi connectivity index (χ3n) is 4.08. The maximum atomic E-state index is 12.6. The van der Waals surface area contributed by atoms with Crippen molar-refractivity contribution in [2.24, 2.45) is 4.99 Å². The number of aliphatic imine (C=N–C) groups is 1. The third kappa shape index (κ3) is 4.23. The van der Waals surface area contributed by atoms with Crippen LogP contribution < -0.4 is 4.74 Å². The van der Waals surface area contributed by atoms with Gasteiger partial charge in [-0.1, -0.05) is 12.1 Å². The van der Waals surface area contributed by atoms with Crippen LogP contribution in [0.1, 0.15) is 26.5 Å². The highest BCUT2D eigenvalue weighted by molar-refractivity contribution is 7.17. The topological polar surface area (TPSA) is 71.8 Å². The Balaban J connectivity index is 1.76.